The molecule has 0 aliphatic rings. The lowest BCUT2D eigenvalue weighted by molar-refractivity contribution is 0.217. The van der Waals surface area contributed by atoms with Gasteiger partial charge in [0.15, 0.2) is 0 Å². The van der Waals surface area contributed by atoms with Crippen LogP contribution in [0, 0.1) is 0 Å². The molecule has 0 fully saturated rings. The van der Waals surface area contributed by atoms with Crippen LogP contribution in [0.15, 0.2) is 0 Å². The van der Waals surface area contributed by atoms with Crippen molar-refractivity contribution < 1.29 is 14.0 Å². The fourth-order valence-electron chi connectivity index (χ4n) is 0.604. The van der Waals surface area contributed by atoms with E-state index in [1.807, 2.05) is 6.92 Å². The minimum absolute atomic E-state index is 0.240. The van der Waals surface area contributed by atoms with E-state index in [9.17, 15) is 9.46 Å². The normalized spacial score (nSPS) is 19.1. The van der Waals surface area contributed by atoms with Crippen LogP contribution in [0.3, 0.4) is 0 Å². The number of hydrogen-bond acceptors (Lipinski definition) is 3. The molecule has 74 valence electrons. The summed E-state index contributed by atoms with van der Waals surface area (Å²) in [6, 6.07) is 0. The van der Waals surface area contributed by atoms with E-state index in [-0.39, 0.29) is 6.10 Å². The van der Waals surface area contributed by atoms with E-state index in [4.69, 9.17) is 15.7 Å². The minimum Gasteiger partial charge on any atom is -0.316 e. The highest BCUT2D eigenvalue weighted by Gasteiger charge is 2.25. The van der Waals surface area contributed by atoms with Gasteiger partial charge >= 0.3 is 6.80 Å². The predicted molar refractivity (Wildman–Crippen MR) is 55.9 cm³/mol. The Balaban J connectivity index is 4.20. The van der Waals surface area contributed by atoms with Gasteiger partial charge in [0, 0.05) is 5.75 Å². The molecule has 0 aromatic rings. The predicted octanol–water partition coefficient (Wildman–Crippen LogP) is 2.00. The first kappa shape index (κ1) is 12.7. The Bertz CT molecular complexity index is 205. The summed E-state index contributed by atoms with van der Waals surface area (Å²) in [6.07, 6.45) is 0.578. The van der Waals surface area contributed by atoms with E-state index in [1.54, 1.807) is 13.8 Å². The summed E-state index contributed by atoms with van der Waals surface area (Å²) < 4.78 is 16.2. The first-order valence-corrected chi connectivity index (χ1v) is 8.30. The van der Waals surface area contributed by atoms with Crippen molar-refractivity contribution in [3.05, 3.63) is 0 Å². The van der Waals surface area contributed by atoms with Gasteiger partial charge < -0.3 is 4.89 Å². The molecule has 0 aromatic carbocycles. The van der Waals surface area contributed by atoms with Crippen LogP contribution in [0.2, 0.25) is 0 Å². The average Bonchev–Trinajstić information content (AvgIpc) is 1.85. The zero-order chi connectivity index (χ0) is 9.78. The average molecular weight is 230 g/mol. The molecule has 2 atom stereocenters. The third-order valence-electron chi connectivity index (χ3n) is 0.980. The number of hydrogen-bond donors (Lipinski definition) is 1. The Morgan fingerprint density at radius 3 is 2.50 bits per heavy atom. The van der Waals surface area contributed by atoms with Crippen molar-refractivity contribution in [1.82, 2.24) is 0 Å². The fourth-order valence-corrected chi connectivity index (χ4v) is 4.67. The second-order valence-electron chi connectivity index (χ2n) is 2.65. The lowest BCUT2D eigenvalue weighted by Gasteiger charge is -2.15. The van der Waals surface area contributed by atoms with Gasteiger partial charge in [-0.2, -0.15) is 0 Å². The molecular formula is C6H15O3PS2. The summed E-state index contributed by atoms with van der Waals surface area (Å²) in [5, 5.41) is 0. The Hall–Kier alpha value is 0.720. The van der Waals surface area contributed by atoms with Crippen LogP contribution in [0.5, 0.6) is 0 Å². The molecule has 0 aliphatic heterocycles. The second kappa shape index (κ2) is 5.45. The van der Waals surface area contributed by atoms with Gasteiger partial charge in [-0.3, -0.25) is 4.52 Å². The summed E-state index contributed by atoms with van der Waals surface area (Å²) in [6.45, 7) is 1.87. The van der Waals surface area contributed by atoms with Crippen LogP contribution in [-0.2, 0) is 29.4 Å². The van der Waals surface area contributed by atoms with Crippen LogP contribution in [0.1, 0.15) is 27.2 Å². The van der Waals surface area contributed by atoms with Crippen LogP contribution < -0.4 is 0 Å². The van der Waals surface area contributed by atoms with Gasteiger partial charge in [-0.1, -0.05) is 6.92 Å². The van der Waals surface area contributed by atoms with E-state index in [2.05, 4.69) is 0 Å². The smallest absolute Gasteiger partial charge is 0.316 e. The Morgan fingerprint density at radius 2 is 2.17 bits per heavy atom. The highest BCUT2D eigenvalue weighted by atomic mass is 33.1. The molecular weight excluding hydrogens is 215 g/mol. The molecule has 0 saturated heterocycles. The Labute approximate surface area is 80.4 Å². The molecule has 0 heterocycles. The standard InChI is InChI=1S/C6H15O3PS2/c1-4-5-12(11)10(7,8)9-6(2)3/h6H,4-5H2,1-3H3,(H,7,8). The van der Waals surface area contributed by atoms with E-state index in [0.29, 0.717) is 5.75 Å². The maximum absolute atomic E-state index is 11.4. The quantitative estimate of drug-likeness (QED) is 0.734. The molecule has 0 aliphatic carbocycles. The Kier molecular flexibility index (Phi) is 5.78. The molecule has 0 bridgehead atoms. The van der Waals surface area contributed by atoms with Crippen molar-refractivity contribution >= 4 is 27.1 Å². The van der Waals surface area contributed by atoms with Gasteiger partial charge in [0.25, 0.3) is 0 Å². The first-order chi connectivity index (χ1) is 5.40. The molecule has 1 N–H and O–H groups in total. The van der Waals surface area contributed by atoms with Crippen molar-refractivity contribution in [3.63, 3.8) is 0 Å². The monoisotopic (exact) mass is 230 g/mol. The zero-order valence-electron chi connectivity index (χ0n) is 7.52. The van der Waals surface area contributed by atoms with Crippen LogP contribution in [0.25, 0.3) is 0 Å². The number of rotatable bonds is 5. The van der Waals surface area contributed by atoms with Crippen LogP contribution in [-0.4, -0.2) is 16.8 Å². The van der Waals surface area contributed by atoms with Crippen LogP contribution >= 0.6 is 6.80 Å². The molecule has 2 unspecified atom stereocenters. The largest absolute Gasteiger partial charge is 0.390 e. The van der Waals surface area contributed by atoms with Gasteiger partial charge in [0.05, 0.1) is 6.10 Å². The summed E-state index contributed by atoms with van der Waals surface area (Å²) in [4.78, 5) is 9.33. The van der Waals surface area contributed by atoms with Gasteiger partial charge in [-0.05, 0) is 40.5 Å². The van der Waals surface area contributed by atoms with E-state index < -0.39 is 15.9 Å². The van der Waals surface area contributed by atoms with Crippen molar-refractivity contribution in [3.8, 4) is 0 Å². The van der Waals surface area contributed by atoms with Gasteiger partial charge in [0.2, 0.25) is 0 Å². The first-order valence-electron chi connectivity index (χ1n) is 3.80. The minimum atomic E-state index is -3.51. The zero-order valence-corrected chi connectivity index (χ0v) is 10.0. The summed E-state index contributed by atoms with van der Waals surface area (Å²) in [7, 11) is -0.929. The maximum atomic E-state index is 11.4. The SMILES string of the molecule is CCCS(=S)P(=O)(O)OC(C)C. The van der Waals surface area contributed by atoms with Crippen molar-refractivity contribution in [2.75, 3.05) is 5.75 Å². The molecule has 0 spiro atoms. The maximum Gasteiger partial charge on any atom is 0.390 e. The van der Waals surface area contributed by atoms with Gasteiger partial charge in [-0.15, -0.1) is 0 Å². The van der Waals surface area contributed by atoms with E-state index >= 15 is 0 Å². The highest BCUT2D eigenvalue weighted by Crippen LogP contribution is 2.48. The van der Waals surface area contributed by atoms with Crippen molar-refractivity contribution in [2.24, 2.45) is 0 Å². The van der Waals surface area contributed by atoms with E-state index in [0.717, 1.165) is 6.42 Å². The lowest BCUT2D eigenvalue weighted by atomic mass is 10.5. The molecule has 3 nitrogen and oxygen atoms in total. The summed E-state index contributed by atoms with van der Waals surface area (Å²) >= 11 is 4.88. The second-order valence-corrected chi connectivity index (χ2v) is 9.50. The van der Waals surface area contributed by atoms with E-state index in [1.165, 1.54) is 0 Å². The molecule has 0 aromatic heterocycles. The molecule has 0 amide bonds. The summed E-state index contributed by atoms with van der Waals surface area (Å²) in [5.74, 6) is 0.579. The van der Waals surface area contributed by atoms with Gasteiger partial charge in [-0.25, -0.2) is 4.57 Å². The topological polar surface area (TPSA) is 46.5 Å². The molecule has 0 rings (SSSR count). The third kappa shape index (κ3) is 4.67. The third-order valence-corrected chi connectivity index (χ3v) is 7.49. The molecule has 12 heavy (non-hydrogen) atoms. The lowest BCUT2D eigenvalue weighted by Crippen LogP contribution is -2.05. The molecule has 0 saturated carbocycles. The Morgan fingerprint density at radius 1 is 1.67 bits per heavy atom. The van der Waals surface area contributed by atoms with Crippen molar-refractivity contribution in [1.29, 1.82) is 0 Å². The molecule has 6 heteroatoms. The van der Waals surface area contributed by atoms with Crippen molar-refractivity contribution in [2.45, 2.75) is 33.3 Å². The highest BCUT2D eigenvalue weighted by molar-refractivity contribution is 8.65. The molecule has 0 radical (unpaired) electrons. The van der Waals surface area contributed by atoms with Crippen LogP contribution in [0.4, 0.5) is 0 Å². The fraction of sp³-hybridized carbons (Fsp3) is 1.00. The summed E-state index contributed by atoms with van der Waals surface area (Å²) in [5.41, 5.74) is 0. The van der Waals surface area contributed by atoms with Gasteiger partial charge in [0.1, 0.15) is 0 Å².